The molecule has 0 aromatic heterocycles. The van der Waals surface area contributed by atoms with Crippen molar-refractivity contribution in [2.45, 2.75) is 29.6 Å². The van der Waals surface area contributed by atoms with Gasteiger partial charge in [0.2, 0.25) is 0 Å². The molecule has 4 rings (SSSR count). The Morgan fingerprint density at radius 1 is 0.814 bits per heavy atom. The van der Waals surface area contributed by atoms with Crippen LogP contribution in [0.2, 0.25) is 0 Å². The summed E-state index contributed by atoms with van der Waals surface area (Å²) in [7, 11) is 0. The molecular formula is C28H30O13S2. The second-order valence-electron chi connectivity index (χ2n) is 9.50. The van der Waals surface area contributed by atoms with Gasteiger partial charge in [0.15, 0.2) is 46.7 Å². The number of benzene rings is 3. The van der Waals surface area contributed by atoms with Gasteiger partial charge in [0, 0.05) is 33.9 Å². The molecule has 0 saturated heterocycles. The summed E-state index contributed by atoms with van der Waals surface area (Å²) in [5.74, 6) is -6.23. The van der Waals surface area contributed by atoms with Crippen LogP contribution in [-0.4, -0.2) is 87.9 Å². The smallest absolute Gasteiger partial charge is 0.338 e. The van der Waals surface area contributed by atoms with Crippen LogP contribution in [0.15, 0.2) is 30.3 Å². The van der Waals surface area contributed by atoms with E-state index in [0.717, 1.165) is 36.0 Å². The minimum Gasteiger partial charge on any atom is -0.507 e. The molecule has 1 heterocycles. The molecule has 0 unspecified atom stereocenters. The molecule has 10 N–H and O–H groups in total. The van der Waals surface area contributed by atoms with E-state index < -0.39 is 63.2 Å². The molecule has 232 valence electrons. The highest BCUT2D eigenvalue weighted by Crippen LogP contribution is 2.57. The third-order valence-electron chi connectivity index (χ3n) is 6.68. The Hall–Kier alpha value is -4.05. The van der Waals surface area contributed by atoms with Crippen molar-refractivity contribution >= 4 is 29.5 Å². The van der Waals surface area contributed by atoms with Crippen LogP contribution in [0.3, 0.4) is 0 Å². The first kappa shape index (κ1) is 31.9. The largest absolute Gasteiger partial charge is 0.507 e. The van der Waals surface area contributed by atoms with Crippen molar-refractivity contribution < 1.29 is 65.3 Å². The van der Waals surface area contributed by atoms with Crippen LogP contribution in [-0.2, 0) is 4.74 Å². The molecule has 0 bridgehead atoms. The van der Waals surface area contributed by atoms with Crippen molar-refractivity contribution in [2.24, 2.45) is 0 Å². The fraction of sp³-hybridized carbons (Fsp3) is 0.321. The Labute approximate surface area is 253 Å². The number of hydrogen-bond donors (Lipinski definition) is 10. The maximum Gasteiger partial charge on any atom is 0.338 e. The van der Waals surface area contributed by atoms with Gasteiger partial charge in [0.05, 0.1) is 29.6 Å². The van der Waals surface area contributed by atoms with Crippen molar-refractivity contribution in [1.29, 1.82) is 0 Å². The molecule has 0 radical (unpaired) electrons. The number of rotatable bonds is 10. The Morgan fingerprint density at radius 2 is 1.37 bits per heavy atom. The summed E-state index contributed by atoms with van der Waals surface area (Å²) in [6, 6.07) is 5.06. The average molecular weight is 639 g/mol. The van der Waals surface area contributed by atoms with Gasteiger partial charge < -0.3 is 60.5 Å². The van der Waals surface area contributed by atoms with Crippen LogP contribution in [0.5, 0.6) is 51.7 Å². The Balaban J connectivity index is 1.90. The van der Waals surface area contributed by atoms with Gasteiger partial charge in [-0.05, 0) is 31.2 Å². The minimum atomic E-state index is -1.40. The van der Waals surface area contributed by atoms with E-state index in [2.05, 4.69) is 0 Å². The van der Waals surface area contributed by atoms with E-state index in [1.54, 1.807) is 6.92 Å². The monoisotopic (exact) mass is 638 g/mol. The number of phenolic OH excluding ortho intramolecular Hbond substituents is 8. The topological polar surface area (TPSA) is 238 Å². The Kier molecular flexibility index (Phi) is 9.69. The quantitative estimate of drug-likeness (QED) is 0.113. The summed E-state index contributed by atoms with van der Waals surface area (Å²) in [4.78, 5) is 13.3. The lowest BCUT2D eigenvalue weighted by Crippen LogP contribution is -2.37. The summed E-state index contributed by atoms with van der Waals surface area (Å²) in [5, 5.41) is 99.6. The number of aromatic hydroxyl groups is 8. The fourth-order valence-corrected chi connectivity index (χ4v) is 6.72. The molecule has 0 saturated carbocycles. The second-order valence-corrected chi connectivity index (χ2v) is 12.2. The maximum atomic E-state index is 13.3. The number of esters is 1. The van der Waals surface area contributed by atoms with Crippen LogP contribution in [0.25, 0.3) is 0 Å². The van der Waals surface area contributed by atoms with E-state index in [1.165, 1.54) is 17.8 Å². The number of carbonyl (C=O) groups is 1. The molecule has 3 aromatic rings. The summed E-state index contributed by atoms with van der Waals surface area (Å²) in [6.45, 7) is 1.23. The maximum absolute atomic E-state index is 13.3. The Morgan fingerprint density at radius 3 is 1.93 bits per heavy atom. The molecule has 0 spiro atoms. The van der Waals surface area contributed by atoms with Crippen LogP contribution in [0.1, 0.15) is 50.6 Å². The molecule has 15 heteroatoms. The van der Waals surface area contributed by atoms with Gasteiger partial charge in [-0.2, -0.15) is 11.8 Å². The number of aliphatic hydroxyl groups excluding tert-OH is 2. The molecule has 4 atom stereocenters. The van der Waals surface area contributed by atoms with Crippen LogP contribution in [0, 0.1) is 0 Å². The highest BCUT2D eigenvalue weighted by Gasteiger charge is 2.46. The normalized spacial score (nSPS) is 18.4. The number of ether oxygens (including phenoxy) is 2. The number of hydrogen-bond acceptors (Lipinski definition) is 15. The van der Waals surface area contributed by atoms with Crippen molar-refractivity contribution in [2.75, 3.05) is 24.7 Å². The zero-order valence-corrected chi connectivity index (χ0v) is 24.2. The van der Waals surface area contributed by atoms with Crippen molar-refractivity contribution in [1.82, 2.24) is 0 Å². The van der Waals surface area contributed by atoms with Gasteiger partial charge in [-0.15, -0.1) is 11.8 Å². The second kappa shape index (κ2) is 13.1. The zero-order valence-electron chi connectivity index (χ0n) is 22.5. The lowest BCUT2D eigenvalue weighted by molar-refractivity contribution is -0.0204. The van der Waals surface area contributed by atoms with Gasteiger partial charge in [-0.1, -0.05) is 0 Å². The first-order valence-electron chi connectivity index (χ1n) is 12.8. The lowest BCUT2D eigenvalue weighted by atomic mass is 9.90. The predicted molar refractivity (Wildman–Crippen MR) is 155 cm³/mol. The zero-order chi connectivity index (χ0) is 31.6. The molecule has 3 aromatic carbocycles. The fourth-order valence-electron chi connectivity index (χ4n) is 4.72. The van der Waals surface area contributed by atoms with E-state index in [9.17, 15) is 55.9 Å². The van der Waals surface area contributed by atoms with Crippen molar-refractivity contribution in [3.8, 4) is 51.7 Å². The van der Waals surface area contributed by atoms with E-state index in [4.69, 9.17) is 9.47 Å². The minimum absolute atomic E-state index is 0.0113. The summed E-state index contributed by atoms with van der Waals surface area (Å²) in [5.41, 5.74) is -0.144. The van der Waals surface area contributed by atoms with Gasteiger partial charge >= 0.3 is 5.97 Å². The average Bonchev–Trinajstić information content (AvgIpc) is 2.96. The van der Waals surface area contributed by atoms with Gasteiger partial charge in [-0.3, -0.25) is 0 Å². The Bertz CT molecular complexity index is 1470. The van der Waals surface area contributed by atoms with Crippen molar-refractivity contribution in [3.63, 3.8) is 0 Å². The van der Waals surface area contributed by atoms with Crippen LogP contribution in [0.4, 0.5) is 0 Å². The molecule has 0 amide bonds. The molecule has 0 fully saturated rings. The number of thioether (sulfide) groups is 2. The number of fused-ring (bicyclic) bond motifs is 1. The number of aliphatic hydroxyl groups is 2. The van der Waals surface area contributed by atoms with E-state index in [-0.39, 0.29) is 58.5 Å². The molecule has 1 aliphatic heterocycles. The van der Waals surface area contributed by atoms with E-state index >= 15 is 0 Å². The molecule has 13 nitrogen and oxygen atoms in total. The molecular weight excluding hydrogens is 608 g/mol. The number of phenols is 8. The van der Waals surface area contributed by atoms with Crippen LogP contribution < -0.4 is 4.74 Å². The standard InChI is InChI=1S/C28H30O13S2/c1-11(42-4-2-29)20-14(31)10-19-21(24(20)38)27(43-5-3-30)26(25(40-19)12-6-15(32)22(36)16(33)7-12)41-28(39)13-8-17(34)23(37)18(35)9-13/h6-11,25-27,29-38H,2-5H2,1H3/t11-,25+,26-,27-/m0/s1. The van der Waals surface area contributed by atoms with Gasteiger partial charge in [0.25, 0.3) is 0 Å². The highest BCUT2D eigenvalue weighted by molar-refractivity contribution is 7.99. The summed E-state index contributed by atoms with van der Waals surface area (Å²) < 4.78 is 11.9. The third-order valence-corrected chi connectivity index (χ3v) is 9.11. The van der Waals surface area contributed by atoms with Gasteiger partial charge in [-0.25, -0.2) is 4.79 Å². The summed E-state index contributed by atoms with van der Waals surface area (Å²) >= 11 is 2.31. The van der Waals surface area contributed by atoms with Gasteiger partial charge in [0.1, 0.15) is 17.2 Å². The number of carbonyl (C=O) groups excluding carboxylic acids is 1. The van der Waals surface area contributed by atoms with Crippen molar-refractivity contribution in [3.05, 3.63) is 52.6 Å². The van der Waals surface area contributed by atoms with E-state index in [1.807, 2.05) is 0 Å². The molecule has 1 aliphatic rings. The predicted octanol–water partition coefficient (Wildman–Crippen LogP) is 3.24. The summed E-state index contributed by atoms with van der Waals surface area (Å²) in [6.07, 6.45) is -2.75. The van der Waals surface area contributed by atoms with Crippen LogP contribution >= 0.6 is 23.5 Å². The van der Waals surface area contributed by atoms with E-state index in [0.29, 0.717) is 5.75 Å². The SMILES string of the molecule is C[C@H](SCCO)c1c(O)cc2c(c1O)[C@H](SCCO)[C@@H](OC(=O)c1cc(O)c(O)c(O)c1)[C@@H](c1cc(O)c(O)c(O)c1)O2. The first-order valence-corrected chi connectivity index (χ1v) is 14.9. The highest BCUT2D eigenvalue weighted by atomic mass is 32.2. The molecule has 0 aliphatic carbocycles. The lowest BCUT2D eigenvalue weighted by Gasteiger charge is -2.40. The first-order chi connectivity index (χ1) is 20.4. The third kappa shape index (κ3) is 6.34. The molecule has 43 heavy (non-hydrogen) atoms.